The van der Waals surface area contributed by atoms with E-state index in [2.05, 4.69) is 25.5 Å². The van der Waals surface area contributed by atoms with Crippen LogP contribution in [0, 0.1) is 11.7 Å². The van der Waals surface area contributed by atoms with Crippen molar-refractivity contribution in [3.05, 3.63) is 84.9 Å². The number of carbonyl (C=O) groups is 1. The Morgan fingerprint density at radius 1 is 0.900 bits per heavy atom. The zero-order chi connectivity index (χ0) is 27.1. The molecule has 1 aliphatic rings. The maximum atomic E-state index is 14.6. The highest BCUT2D eigenvalue weighted by Gasteiger charge is 2.21. The van der Waals surface area contributed by atoms with Gasteiger partial charge in [-0.25, -0.2) is 9.37 Å². The number of H-pyrrole nitrogens is 2. The molecule has 2 aromatic carbocycles. The molecular weight excluding hydrogens is 503 g/mol. The standard InChI is InChI=1S/C32H27FN6O/c33-25-11-5-4-9-23(25)22-10-6-12-27-24(22)16-29(36-27)31-30-28(38-39-31)14-13-26(37-30)20-15-21(18-34-17-20)35-32(40)19-7-2-1-3-8-19/h4-6,9-19,36H,1-3,7-8H2,(H,35,40)(H,38,39). The van der Waals surface area contributed by atoms with Crippen molar-refractivity contribution in [3.8, 4) is 33.8 Å². The van der Waals surface area contributed by atoms with Gasteiger partial charge >= 0.3 is 0 Å². The third-order valence-corrected chi connectivity index (χ3v) is 7.77. The summed E-state index contributed by atoms with van der Waals surface area (Å²) in [6, 6.07) is 20.3. The fourth-order valence-corrected chi connectivity index (χ4v) is 5.70. The van der Waals surface area contributed by atoms with Crippen LogP contribution < -0.4 is 5.32 Å². The van der Waals surface area contributed by atoms with Crippen molar-refractivity contribution in [2.24, 2.45) is 5.92 Å². The van der Waals surface area contributed by atoms with Crippen molar-refractivity contribution in [2.75, 3.05) is 5.32 Å². The summed E-state index contributed by atoms with van der Waals surface area (Å²) in [6.45, 7) is 0. The molecule has 8 heteroatoms. The van der Waals surface area contributed by atoms with Crippen molar-refractivity contribution >= 4 is 33.5 Å². The second kappa shape index (κ2) is 10.0. The first kappa shape index (κ1) is 24.2. The van der Waals surface area contributed by atoms with Crippen LogP contribution in [0.5, 0.6) is 0 Å². The molecule has 0 saturated heterocycles. The van der Waals surface area contributed by atoms with Gasteiger partial charge in [0.2, 0.25) is 5.91 Å². The predicted octanol–water partition coefficient (Wildman–Crippen LogP) is 7.49. The number of pyridine rings is 2. The normalized spacial score (nSPS) is 14.1. The van der Waals surface area contributed by atoms with Gasteiger partial charge in [0, 0.05) is 34.1 Å². The lowest BCUT2D eigenvalue weighted by molar-refractivity contribution is -0.120. The summed E-state index contributed by atoms with van der Waals surface area (Å²) >= 11 is 0. The summed E-state index contributed by atoms with van der Waals surface area (Å²) in [4.78, 5) is 25.5. The number of benzene rings is 2. The fourth-order valence-electron chi connectivity index (χ4n) is 5.70. The molecule has 1 fully saturated rings. The van der Waals surface area contributed by atoms with Crippen molar-refractivity contribution in [3.63, 3.8) is 0 Å². The van der Waals surface area contributed by atoms with Crippen molar-refractivity contribution in [2.45, 2.75) is 32.1 Å². The van der Waals surface area contributed by atoms with Crippen LogP contribution in [0.15, 0.2) is 79.1 Å². The number of nitrogens with one attached hydrogen (secondary N) is 3. The van der Waals surface area contributed by atoms with E-state index in [1.165, 1.54) is 12.5 Å². The first-order valence-electron chi connectivity index (χ1n) is 13.6. The van der Waals surface area contributed by atoms with E-state index in [1.54, 1.807) is 24.5 Å². The molecule has 198 valence electrons. The van der Waals surface area contributed by atoms with Crippen LogP contribution in [0.25, 0.3) is 55.7 Å². The van der Waals surface area contributed by atoms with Crippen LogP contribution in [0.4, 0.5) is 10.1 Å². The summed E-state index contributed by atoms with van der Waals surface area (Å²) in [5.41, 5.74) is 7.37. The van der Waals surface area contributed by atoms with Crippen LogP contribution in [0.2, 0.25) is 0 Å². The van der Waals surface area contributed by atoms with E-state index >= 15 is 0 Å². The molecule has 7 nitrogen and oxygen atoms in total. The molecule has 4 heterocycles. The second-order valence-corrected chi connectivity index (χ2v) is 10.4. The average molecular weight is 531 g/mol. The lowest BCUT2D eigenvalue weighted by atomic mass is 9.88. The number of rotatable bonds is 5. The number of carbonyl (C=O) groups excluding carboxylic acids is 1. The number of amides is 1. The SMILES string of the molecule is O=C(Nc1cncc(-c2ccc3[nH]nc(-c4cc5c(-c6ccccc6F)cccc5[nH]4)c3n2)c1)C1CCCCC1. The summed E-state index contributed by atoms with van der Waals surface area (Å²) in [5, 5.41) is 11.6. The van der Waals surface area contributed by atoms with Crippen LogP contribution in [0.1, 0.15) is 32.1 Å². The Morgan fingerprint density at radius 2 is 1.75 bits per heavy atom. The van der Waals surface area contributed by atoms with E-state index < -0.39 is 0 Å². The van der Waals surface area contributed by atoms with Gasteiger partial charge < -0.3 is 10.3 Å². The zero-order valence-electron chi connectivity index (χ0n) is 21.7. The zero-order valence-corrected chi connectivity index (χ0v) is 21.7. The maximum absolute atomic E-state index is 14.6. The number of nitrogens with zero attached hydrogens (tertiary/aromatic N) is 3. The highest BCUT2D eigenvalue weighted by atomic mass is 19.1. The predicted molar refractivity (Wildman–Crippen MR) is 155 cm³/mol. The van der Waals surface area contributed by atoms with Gasteiger partial charge in [-0.05, 0) is 54.8 Å². The van der Waals surface area contributed by atoms with Crippen LogP contribution in [-0.2, 0) is 4.79 Å². The Hall–Kier alpha value is -4.85. The highest BCUT2D eigenvalue weighted by Crippen LogP contribution is 2.35. The lowest BCUT2D eigenvalue weighted by Gasteiger charge is -2.20. The van der Waals surface area contributed by atoms with Crippen molar-refractivity contribution in [1.29, 1.82) is 0 Å². The molecule has 3 N–H and O–H groups in total. The number of aromatic amines is 2. The van der Waals surface area contributed by atoms with Gasteiger partial charge in [0.25, 0.3) is 0 Å². The van der Waals surface area contributed by atoms with Crippen LogP contribution in [0.3, 0.4) is 0 Å². The number of hydrogen-bond donors (Lipinski definition) is 3. The van der Waals surface area contributed by atoms with E-state index in [1.807, 2.05) is 48.5 Å². The lowest BCUT2D eigenvalue weighted by Crippen LogP contribution is -2.24. The molecule has 0 aliphatic heterocycles. The Morgan fingerprint density at radius 3 is 2.62 bits per heavy atom. The summed E-state index contributed by atoms with van der Waals surface area (Å²) in [7, 11) is 0. The minimum absolute atomic E-state index is 0.0627. The van der Waals surface area contributed by atoms with Gasteiger partial charge in [0.05, 0.1) is 28.8 Å². The fraction of sp³-hybridized carbons (Fsp3) is 0.188. The molecule has 0 spiro atoms. The molecule has 0 unspecified atom stereocenters. The smallest absolute Gasteiger partial charge is 0.227 e. The Bertz CT molecular complexity index is 1870. The molecule has 7 rings (SSSR count). The topological polar surface area (TPSA) is 99.4 Å². The van der Waals surface area contributed by atoms with Gasteiger partial charge in [-0.1, -0.05) is 49.6 Å². The molecule has 0 bridgehead atoms. The first-order valence-corrected chi connectivity index (χ1v) is 13.6. The minimum atomic E-state index is -0.264. The number of fused-ring (bicyclic) bond motifs is 2. The van der Waals surface area contributed by atoms with Crippen molar-refractivity contribution in [1.82, 2.24) is 25.1 Å². The van der Waals surface area contributed by atoms with E-state index in [0.717, 1.165) is 64.6 Å². The third-order valence-electron chi connectivity index (χ3n) is 7.77. The van der Waals surface area contributed by atoms with Gasteiger partial charge in [-0.3, -0.25) is 14.9 Å². The molecule has 1 amide bonds. The number of aromatic nitrogens is 5. The monoisotopic (exact) mass is 530 g/mol. The minimum Gasteiger partial charge on any atom is -0.353 e. The Labute approximate surface area is 229 Å². The number of anilines is 1. The molecule has 6 aromatic rings. The van der Waals surface area contributed by atoms with E-state index in [4.69, 9.17) is 4.98 Å². The van der Waals surface area contributed by atoms with E-state index in [9.17, 15) is 9.18 Å². The molecule has 1 saturated carbocycles. The molecule has 4 aromatic heterocycles. The quantitative estimate of drug-likeness (QED) is 0.215. The maximum Gasteiger partial charge on any atom is 0.227 e. The van der Waals surface area contributed by atoms with Gasteiger partial charge in [-0.2, -0.15) is 5.10 Å². The van der Waals surface area contributed by atoms with Gasteiger partial charge in [-0.15, -0.1) is 0 Å². The molecule has 40 heavy (non-hydrogen) atoms. The number of hydrogen-bond acceptors (Lipinski definition) is 4. The number of halogens is 1. The third kappa shape index (κ3) is 4.41. The second-order valence-electron chi connectivity index (χ2n) is 10.4. The molecule has 1 aliphatic carbocycles. The van der Waals surface area contributed by atoms with Crippen molar-refractivity contribution < 1.29 is 9.18 Å². The van der Waals surface area contributed by atoms with E-state index in [0.29, 0.717) is 22.5 Å². The largest absolute Gasteiger partial charge is 0.353 e. The van der Waals surface area contributed by atoms with E-state index in [-0.39, 0.29) is 17.6 Å². The Kier molecular flexibility index (Phi) is 6.07. The highest BCUT2D eigenvalue weighted by molar-refractivity contribution is 6.00. The Balaban J connectivity index is 1.23. The molecule has 0 atom stereocenters. The average Bonchev–Trinajstić information content (AvgIpc) is 3.62. The van der Waals surface area contributed by atoms with Gasteiger partial charge in [0.1, 0.15) is 17.0 Å². The first-order chi connectivity index (χ1) is 19.6. The summed E-state index contributed by atoms with van der Waals surface area (Å²) in [5.74, 6) is -0.136. The summed E-state index contributed by atoms with van der Waals surface area (Å²) < 4.78 is 14.6. The van der Waals surface area contributed by atoms with Crippen LogP contribution >= 0.6 is 0 Å². The molecular formula is C32H27FN6O. The van der Waals surface area contributed by atoms with Gasteiger partial charge in [0.15, 0.2) is 0 Å². The summed E-state index contributed by atoms with van der Waals surface area (Å²) in [6.07, 6.45) is 8.71. The molecule has 0 radical (unpaired) electrons. The van der Waals surface area contributed by atoms with Crippen LogP contribution in [-0.4, -0.2) is 31.1 Å².